The minimum Gasteiger partial charge on any atom is -0.507 e. The fourth-order valence-electron chi connectivity index (χ4n) is 2.66. The van der Waals surface area contributed by atoms with Crippen LogP contribution in [0.4, 0.5) is 0 Å². The van der Waals surface area contributed by atoms with E-state index in [2.05, 4.69) is 15.5 Å². The highest BCUT2D eigenvalue weighted by atomic mass is 16.3. The lowest BCUT2D eigenvalue weighted by atomic mass is 9.78. The van der Waals surface area contributed by atoms with Gasteiger partial charge in [0.1, 0.15) is 11.5 Å². The van der Waals surface area contributed by atoms with Gasteiger partial charge < -0.3 is 10.2 Å². The van der Waals surface area contributed by atoms with Crippen LogP contribution >= 0.6 is 0 Å². The molecule has 0 unspecified atom stereocenters. The van der Waals surface area contributed by atoms with Crippen molar-refractivity contribution in [2.45, 2.75) is 52.4 Å². The van der Waals surface area contributed by atoms with Gasteiger partial charge in [-0.15, -0.1) is 0 Å². The summed E-state index contributed by atoms with van der Waals surface area (Å²) in [5, 5.41) is 24.1. The molecule has 1 heterocycles. The quantitative estimate of drug-likeness (QED) is 0.566. The number of carbonyl (C=O) groups excluding carboxylic acids is 1. The maximum absolute atomic E-state index is 12.1. The van der Waals surface area contributed by atoms with E-state index in [0.717, 1.165) is 16.7 Å². The molecule has 0 fully saturated rings. The van der Waals surface area contributed by atoms with Crippen molar-refractivity contribution in [3.05, 3.63) is 52.8 Å². The van der Waals surface area contributed by atoms with Gasteiger partial charge in [0.15, 0.2) is 0 Å². The Kier molecular flexibility index (Phi) is 5.59. The minimum absolute atomic E-state index is 0.0881. The summed E-state index contributed by atoms with van der Waals surface area (Å²) >= 11 is 0. The molecule has 27 heavy (non-hydrogen) atoms. The number of rotatable bonds is 3. The molecule has 0 bridgehead atoms. The zero-order chi connectivity index (χ0) is 20.4. The maximum Gasteiger partial charge on any atom is 0.273 e. The van der Waals surface area contributed by atoms with Crippen molar-refractivity contribution in [2.75, 3.05) is 0 Å². The van der Waals surface area contributed by atoms with E-state index < -0.39 is 5.91 Å². The molecule has 3 N–H and O–H groups in total. The van der Waals surface area contributed by atoms with E-state index in [1.165, 1.54) is 24.7 Å². The van der Waals surface area contributed by atoms with E-state index in [-0.39, 0.29) is 22.1 Å². The third kappa shape index (κ3) is 5.06. The number of aromatic hydroxyl groups is 2. The van der Waals surface area contributed by atoms with Crippen molar-refractivity contribution in [1.82, 2.24) is 10.4 Å². The standard InChI is InChI=1S/C21H27N3O3/c1-20(2,3)16-7-13(8-17(18(16)26)21(4,5)6)10-23-24-19(27)14-9-15(25)12-22-11-14/h7-12,25-26H,1-6H3,(H,24,27)/b23-10+. The van der Waals surface area contributed by atoms with Crippen LogP contribution in [0, 0.1) is 0 Å². The molecule has 0 radical (unpaired) electrons. The van der Waals surface area contributed by atoms with Crippen molar-refractivity contribution in [2.24, 2.45) is 5.10 Å². The molecule has 144 valence electrons. The van der Waals surface area contributed by atoms with Gasteiger partial charge in [-0.25, -0.2) is 5.43 Å². The summed E-state index contributed by atoms with van der Waals surface area (Å²) in [6.07, 6.45) is 4.14. The van der Waals surface area contributed by atoms with E-state index in [1.54, 1.807) is 0 Å². The Morgan fingerprint density at radius 1 is 1.00 bits per heavy atom. The van der Waals surface area contributed by atoms with Gasteiger partial charge in [0.2, 0.25) is 0 Å². The van der Waals surface area contributed by atoms with Crippen molar-refractivity contribution >= 4 is 12.1 Å². The highest BCUT2D eigenvalue weighted by Crippen LogP contribution is 2.39. The Morgan fingerprint density at radius 3 is 2.04 bits per heavy atom. The van der Waals surface area contributed by atoms with Crippen LogP contribution in [0.15, 0.2) is 35.7 Å². The Labute approximate surface area is 160 Å². The lowest BCUT2D eigenvalue weighted by Crippen LogP contribution is -2.19. The van der Waals surface area contributed by atoms with Crippen LogP contribution in [0.2, 0.25) is 0 Å². The van der Waals surface area contributed by atoms with Gasteiger partial charge in [0.05, 0.1) is 18.0 Å². The van der Waals surface area contributed by atoms with Crippen LogP contribution in [-0.4, -0.2) is 27.3 Å². The average Bonchev–Trinajstić information content (AvgIpc) is 2.53. The number of phenolic OH excluding ortho intramolecular Hbond substituents is 1. The molecule has 1 amide bonds. The first kappa shape index (κ1) is 20.4. The SMILES string of the molecule is CC(C)(C)c1cc(/C=N/NC(=O)c2cncc(O)c2)cc(C(C)(C)C)c1O. The normalized spacial score (nSPS) is 12.4. The van der Waals surface area contributed by atoms with Crippen LogP contribution < -0.4 is 5.43 Å². The molecular formula is C21H27N3O3. The minimum atomic E-state index is -0.472. The number of pyridine rings is 1. The lowest BCUT2D eigenvalue weighted by Gasteiger charge is -2.27. The third-order valence-corrected chi connectivity index (χ3v) is 4.11. The number of hydrogen-bond donors (Lipinski definition) is 3. The van der Waals surface area contributed by atoms with Gasteiger partial charge in [-0.2, -0.15) is 5.10 Å². The number of hydrazone groups is 1. The van der Waals surface area contributed by atoms with Crippen LogP contribution in [0.3, 0.4) is 0 Å². The Hall–Kier alpha value is -2.89. The van der Waals surface area contributed by atoms with Crippen molar-refractivity contribution < 1.29 is 15.0 Å². The molecule has 2 rings (SSSR count). The van der Waals surface area contributed by atoms with Crippen LogP contribution in [0.25, 0.3) is 0 Å². The Bertz CT molecular complexity index is 840. The van der Waals surface area contributed by atoms with Gasteiger partial charge in [-0.1, -0.05) is 41.5 Å². The summed E-state index contributed by atoms with van der Waals surface area (Å²) in [7, 11) is 0. The van der Waals surface area contributed by atoms with E-state index in [1.807, 2.05) is 53.7 Å². The van der Waals surface area contributed by atoms with Crippen molar-refractivity contribution in [1.29, 1.82) is 0 Å². The van der Waals surface area contributed by atoms with Gasteiger partial charge in [-0.3, -0.25) is 9.78 Å². The maximum atomic E-state index is 12.1. The number of amides is 1. The molecule has 0 saturated carbocycles. The molecule has 2 aromatic rings. The number of aromatic nitrogens is 1. The van der Waals surface area contributed by atoms with Gasteiger partial charge >= 0.3 is 0 Å². The van der Waals surface area contributed by atoms with E-state index in [9.17, 15) is 15.0 Å². The van der Waals surface area contributed by atoms with Crippen LogP contribution in [0.5, 0.6) is 11.5 Å². The predicted molar refractivity (Wildman–Crippen MR) is 106 cm³/mol. The molecule has 0 aliphatic rings. The molecule has 0 atom stereocenters. The zero-order valence-corrected chi connectivity index (χ0v) is 16.7. The summed E-state index contributed by atoms with van der Waals surface area (Å²) in [6.45, 7) is 12.2. The molecule has 1 aromatic heterocycles. The fourth-order valence-corrected chi connectivity index (χ4v) is 2.66. The van der Waals surface area contributed by atoms with Gasteiger partial charge in [0, 0.05) is 17.3 Å². The Balaban J connectivity index is 2.32. The summed E-state index contributed by atoms with van der Waals surface area (Å²) < 4.78 is 0. The second-order valence-corrected chi connectivity index (χ2v) is 8.60. The number of carbonyl (C=O) groups is 1. The number of benzene rings is 1. The topological polar surface area (TPSA) is 94.8 Å². The number of nitrogens with one attached hydrogen (secondary N) is 1. The third-order valence-electron chi connectivity index (χ3n) is 4.11. The van der Waals surface area contributed by atoms with Crippen molar-refractivity contribution in [3.8, 4) is 11.5 Å². The van der Waals surface area contributed by atoms with Gasteiger partial charge in [-0.05, 0) is 34.6 Å². The smallest absolute Gasteiger partial charge is 0.273 e. The first-order chi connectivity index (χ1) is 12.4. The molecule has 0 spiro atoms. The second kappa shape index (κ2) is 7.39. The Morgan fingerprint density at radius 2 is 1.56 bits per heavy atom. The highest BCUT2D eigenvalue weighted by molar-refractivity contribution is 5.95. The highest BCUT2D eigenvalue weighted by Gasteiger charge is 2.26. The first-order valence-electron chi connectivity index (χ1n) is 8.75. The van der Waals surface area contributed by atoms with Gasteiger partial charge in [0.25, 0.3) is 5.91 Å². The summed E-state index contributed by atoms with van der Waals surface area (Å²) in [5.74, 6) is -0.266. The largest absolute Gasteiger partial charge is 0.507 e. The summed E-state index contributed by atoms with van der Waals surface area (Å²) in [4.78, 5) is 15.8. The molecule has 6 heteroatoms. The fraction of sp³-hybridized carbons (Fsp3) is 0.381. The lowest BCUT2D eigenvalue weighted by molar-refractivity contribution is 0.0954. The molecule has 0 aliphatic heterocycles. The van der Waals surface area contributed by atoms with Crippen LogP contribution in [-0.2, 0) is 10.8 Å². The molecule has 0 saturated heterocycles. The number of hydrogen-bond acceptors (Lipinski definition) is 5. The summed E-state index contributed by atoms with van der Waals surface area (Å²) in [5.41, 5.74) is 4.56. The monoisotopic (exact) mass is 369 g/mol. The van der Waals surface area contributed by atoms with Crippen molar-refractivity contribution in [3.63, 3.8) is 0 Å². The van der Waals surface area contributed by atoms with E-state index in [4.69, 9.17) is 0 Å². The van der Waals surface area contributed by atoms with E-state index >= 15 is 0 Å². The average molecular weight is 369 g/mol. The molecule has 6 nitrogen and oxygen atoms in total. The first-order valence-corrected chi connectivity index (χ1v) is 8.75. The predicted octanol–water partition coefficient (Wildman–Crippen LogP) is 3.85. The van der Waals surface area contributed by atoms with Crippen LogP contribution in [0.1, 0.15) is 68.6 Å². The van der Waals surface area contributed by atoms with E-state index in [0.29, 0.717) is 5.75 Å². The number of nitrogens with zero attached hydrogens (tertiary/aromatic N) is 2. The molecule has 1 aromatic carbocycles. The molecular weight excluding hydrogens is 342 g/mol. The summed E-state index contributed by atoms with van der Waals surface area (Å²) in [6, 6.07) is 5.06. The molecule has 0 aliphatic carbocycles. The number of phenols is 1. The zero-order valence-electron chi connectivity index (χ0n) is 16.7. The second-order valence-electron chi connectivity index (χ2n) is 8.60.